The van der Waals surface area contributed by atoms with Crippen LogP contribution in [0.4, 0.5) is 0 Å². The minimum absolute atomic E-state index is 0.0170. The molecule has 0 saturated carbocycles. The maximum Gasteiger partial charge on any atom is 0.248 e. The Labute approximate surface area is 95.9 Å². The number of methoxy groups -OCH3 is 1. The Hall–Kier alpha value is -1.12. The highest BCUT2D eigenvalue weighted by atomic mass is 16.5. The molecule has 5 nitrogen and oxygen atoms in total. The van der Waals surface area contributed by atoms with Crippen molar-refractivity contribution in [2.45, 2.75) is 12.8 Å². The van der Waals surface area contributed by atoms with E-state index in [9.17, 15) is 4.79 Å². The third-order valence-corrected chi connectivity index (χ3v) is 2.61. The van der Waals surface area contributed by atoms with Crippen molar-refractivity contribution < 1.29 is 14.3 Å². The van der Waals surface area contributed by atoms with E-state index in [1.165, 1.54) is 0 Å². The molecule has 16 heavy (non-hydrogen) atoms. The summed E-state index contributed by atoms with van der Waals surface area (Å²) < 4.78 is 9.97. The van der Waals surface area contributed by atoms with Crippen LogP contribution in [0.1, 0.15) is 12.8 Å². The summed E-state index contributed by atoms with van der Waals surface area (Å²) in [5.74, 6) is -0.0484. The molecule has 90 valence electrons. The Kier molecular flexibility index (Phi) is 5.83. The topological polar surface area (TPSA) is 62.6 Å². The van der Waals surface area contributed by atoms with Gasteiger partial charge in [0.05, 0.1) is 25.2 Å². The summed E-state index contributed by atoms with van der Waals surface area (Å²) in [6, 6.07) is 2.21. The van der Waals surface area contributed by atoms with Gasteiger partial charge in [-0.1, -0.05) is 0 Å². The average molecular weight is 226 g/mol. The Bertz CT molecular complexity index is 262. The van der Waals surface area contributed by atoms with Gasteiger partial charge in [0.1, 0.15) is 6.61 Å². The van der Waals surface area contributed by atoms with E-state index in [1.807, 2.05) is 0 Å². The van der Waals surface area contributed by atoms with E-state index >= 15 is 0 Å². The molecule has 1 saturated heterocycles. The van der Waals surface area contributed by atoms with E-state index in [-0.39, 0.29) is 18.4 Å². The largest absolute Gasteiger partial charge is 0.382 e. The Balaban J connectivity index is 2.23. The second-order valence-electron chi connectivity index (χ2n) is 3.85. The van der Waals surface area contributed by atoms with Crippen LogP contribution in [0.25, 0.3) is 0 Å². The van der Waals surface area contributed by atoms with Gasteiger partial charge in [-0.05, 0) is 12.8 Å². The van der Waals surface area contributed by atoms with Crippen LogP contribution in [0.2, 0.25) is 0 Å². The van der Waals surface area contributed by atoms with Gasteiger partial charge in [-0.25, -0.2) is 0 Å². The molecular formula is C11H18N2O3. The third kappa shape index (κ3) is 4.17. The summed E-state index contributed by atoms with van der Waals surface area (Å²) in [4.78, 5) is 13.4. The molecule has 0 aromatic heterocycles. The number of carbonyl (C=O) groups is 1. The van der Waals surface area contributed by atoms with Crippen molar-refractivity contribution in [2.24, 2.45) is 5.92 Å². The number of nitriles is 1. The predicted octanol–water partition coefficient (Wildman–Crippen LogP) is 0.412. The molecule has 0 spiro atoms. The number of carbonyl (C=O) groups excluding carboxylic acids is 1. The maximum absolute atomic E-state index is 11.7. The van der Waals surface area contributed by atoms with Crippen LogP contribution in [-0.4, -0.2) is 50.8 Å². The Morgan fingerprint density at radius 3 is 3.06 bits per heavy atom. The van der Waals surface area contributed by atoms with Gasteiger partial charge >= 0.3 is 0 Å². The summed E-state index contributed by atoms with van der Waals surface area (Å²) in [6.07, 6.45) is 1.80. The number of hydrogen-bond acceptors (Lipinski definition) is 4. The number of ether oxygens (including phenoxy) is 2. The van der Waals surface area contributed by atoms with Crippen molar-refractivity contribution in [2.75, 3.05) is 40.0 Å². The van der Waals surface area contributed by atoms with E-state index in [0.717, 1.165) is 19.4 Å². The lowest BCUT2D eigenvalue weighted by Crippen LogP contribution is -2.41. The average Bonchev–Trinajstić information content (AvgIpc) is 2.34. The number of nitrogens with zero attached hydrogens (tertiary/aromatic N) is 2. The standard InChI is InChI=1S/C11H18N2O3/c1-15-5-6-16-9-11(14)13-4-2-3-10(7-12)8-13/h10H,2-6,8-9H2,1H3. The molecule has 1 heterocycles. The van der Waals surface area contributed by atoms with E-state index in [4.69, 9.17) is 14.7 Å². The number of hydrogen-bond donors (Lipinski definition) is 0. The first-order valence-electron chi connectivity index (χ1n) is 5.52. The van der Waals surface area contributed by atoms with Gasteiger partial charge in [-0.2, -0.15) is 5.26 Å². The van der Waals surface area contributed by atoms with E-state index in [2.05, 4.69) is 6.07 Å². The lowest BCUT2D eigenvalue weighted by molar-refractivity contribution is -0.138. The van der Waals surface area contributed by atoms with Crippen molar-refractivity contribution in [3.8, 4) is 6.07 Å². The molecule has 1 fully saturated rings. The number of likely N-dealkylation sites (tertiary alicyclic amines) is 1. The van der Waals surface area contributed by atoms with Crippen LogP contribution in [-0.2, 0) is 14.3 Å². The van der Waals surface area contributed by atoms with Gasteiger partial charge in [-0.15, -0.1) is 0 Å². The lowest BCUT2D eigenvalue weighted by Gasteiger charge is -2.29. The lowest BCUT2D eigenvalue weighted by atomic mass is 10.00. The van der Waals surface area contributed by atoms with Crippen molar-refractivity contribution in [1.82, 2.24) is 4.90 Å². The van der Waals surface area contributed by atoms with E-state index in [0.29, 0.717) is 19.8 Å². The van der Waals surface area contributed by atoms with Crippen LogP contribution in [0, 0.1) is 17.2 Å². The first-order chi connectivity index (χ1) is 7.77. The molecule has 1 aliphatic heterocycles. The monoisotopic (exact) mass is 226 g/mol. The first kappa shape index (κ1) is 12.9. The Morgan fingerprint density at radius 1 is 1.56 bits per heavy atom. The fourth-order valence-electron chi connectivity index (χ4n) is 1.70. The highest BCUT2D eigenvalue weighted by molar-refractivity contribution is 5.77. The zero-order valence-electron chi connectivity index (χ0n) is 9.65. The molecule has 1 aliphatic rings. The minimum atomic E-state index is -0.0314. The van der Waals surface area contributed by atoms with Gasteiger partial charge in [0.15, 0.2) is 0 Å². The summed E-state index contributed by atoms with van der Waals surface area (Å²) in [5, 5.41) is 8.80. The second-order valence-corrected chi connectivity index (χ2v) is 3.85. The SMILES string of the molecule is COCCOCC(=O)N1CCCC(C#N)C1. The number of amides is 1. The molecule has 5 heteroatoms. The van der Waals surface area contributed by atoms with Crippen LogP contribution in [0.5, 0.6) is 0 Å². The Morgan fingerprint density at radius 2 is 2.38 bits per heavy atom. The fraction of sp³-hybridized carbons (Fsp3) is 0.818. The van der Waals surface area contributed by atoms with Gasteiger partial charge in [-0.3, -0.25) is 4.79 Å². The quantitative estimate of drug-likeness (QED) is 0.637. The van der Waals surface area contributed by atoms with Crippen molar-refractivity contribution >= 4 is 5.91 Å². The number of piperidine rings is 1. The highest BCUT2D eigenvalue weighted by Crippen LogP contribution is 2.15. The molecule has 1 unspecified atom stereocenters. The zero-order valence-corrected chi connectivity index (χ0v) is 9.65. The van der Waals surface area contributed by atoms with Gasteiger partial charge in [0, 0.05) is 20.2 Å². The second kappa shape index (κ2) is 7.20. The normalized spacial score (nSPS) is 20.5. The minimum Gasteiger partial charge on any atom is -0.382 e. The van der Waals surface area contributed by atoms with Gasteiger partial charge in [0.2, 0.25) is 5.91 Å². The predicted molar refractivity (Wildman–Crippen MR) is 57.6 cm³/mol. The van der Waals surface area contributed by atoms with Crippen LogP contribution in [0.15, 0.2) is 0 Å². The molecule has 0 radical (unpaired) electrons. The molecule has 0 bridgehead atoms. The summed E-state index contributed by atoms with van der Waals surface area (Å²) in [5.41, 5.74) is 0. The molecule has 0 aromatic carbocycles. The molecule has 0 aliphatic carbocycles. The summed E-state index contributed by atoms with van der Waals surface area (Å²) in [6.45, 7) is 2.29. The molecule has 1 rings (SSSR count). The highest BCUT2D eigenvalue weighted by Gasteiger charge is 2.23. The van der Waals surface area contributed by atoms with Gasteiger partial charge in [0.25, 0.3) is 0 Å². The molecule has 1 atom stereocenters. The fourth-order valence-corrected chi connectivity index (χ4v) is 1.70. The third-order valence-electron chi connectivity index (χ3n) is 2.61. The van der Waals surface area contributed by atoms with Crippen LogP contribution in [0.3, 0.4) is 0 Å². The van der Waals surface area contributed by atoms with E-state index in [1.54, 1.807) is 12.0 Å². The molecular weight excluding hydrogens is 208 g/mol. The van der Waals surface area contributed by atoms with Crippen LogP contribution < -0.4 is 0 Å². The van der Waals surface area contributed by atoms with Crippen molar-refractivity contribution in [1.29, 1.82) is 5.26 Å². The summed E-state index contributed by atoms with van der Waals surface area (Å²) in [7, 11) is 1.59. The van der Waals surface area contributed by atoms with E-state index < -0.39 is 0 Å². The molecule has 0 N–H and O–H groups in total. The smallest absolute Gasteiger partial charge is 0.248 e. The molecule has 0 aromatic rings. The first-order valence-corrected chi connectivity index (χ1v) is 5.52. The van der Waals surface area contributed by atoms with Crippen molar-refractivity contribution in [3.63, 3.8) is 0 Å². The summed E-state index contributed by atoms with van der Waals surface area (Å²) >= 11 is 0. The molecule has 1 amide bonds. The maximum atomic E-state index is 11.7. The zero-order chi connectivity index (χ0) is 11.8. The number of rotatable bonds is 5. The van der Waals surface area contributed by atoms with Gasteiger partial charge < -0.3 is 14.4 Å². The van der Waals surface area contributed by atoms with Crippen LogP contribution >= 0.6 is 0 Å². The van der Waals surface area contributed by atoms with Crippen molar-refractivity contribution in [3.05, 3.63) is 0 Å².